The molecule has 2 heterocycles. The van der Waals surface area contributed by atoms with Crippen molar-refractivity contribution in [2.45, 2.75) is 59.5 Å². The van der Waals surface area contributed by atoms with E-state index in [-0.39, 0.29) is 11.1 Å². The summed E-state index contributed by atoms with van der Waals surface area (Å²) in [5.74, 6) is 0. The fraction of sp³-hybridized carbons (Fsp3) is 0.143. The number of para-hydroxylation sites is 4. The minimum Gasteiger partial charge on any atom is -0.308 e. The molecule has 50 heavy (non-hydrogen) atoms. The second kappa shape index (κ2) is 13.4. The van der Waals surface area contributed by atoms with Crippen molar-refractivity contribution in [2.75, 3.05) is 9.80 Å². The molecule has 2 aliphatic rings. The zero-order chi connectivity index (χ0) is 39.6. The summed E-state index contributed by atoms with van der Waals surface area (Å²) in [4.78, 5) is 8.46. The van der Waals surface area contributed by atoms with Gasteiger partial charge in [0.05, 0.1) is 22.7 Å². The Hall–Kier alpha value is -3.25. The lowest BCUT2D eigenvalue weighted by molar-refractivity contribution is 1.17. The summed E-state index contributed by atoms with van der Waals surface area (Å²) in [6, 6.07) is 43.8. The van der Waals surface area contributed by atoms with Crippen LogP contribution in [0, 0.1) is 13.7 Å². The van der Waals surface area contributed by atoms with Gasteiger partial charge in [0.25, 0.3) is 0 Å². The van der Waals surface area contributed by atoms with Crippen LogP contribution in [0.25, 0.3) is 11.1 Å². The summed E-state index contributed by atoms with van der Waals surface area (Å²) in [7, 11) is 0. The van der Waals surface area contributed by atoms with Gasteiger partial charge in [-0.1, -0.05) is 99.0 Å². The number of benzene rings is 6. The monoisotopic (exact) mass is 762 g/mol. The maximum absolute atomic E-state index is 9.16. The van der Waals surface area contributed by atoms with Crippen LogP contribution >= 0.6 is 44.8 Å². The highest BCUT2D eigenvalue weighted by Crippen LogP contribution is 2.56. The van der Waals surface area contributed by atoms with Gasteiger partial charge in [-0.15, -0.1) is 44.8 Å². The fourth-order valence-electron chi connectivity index (χ4n) is 6.69. The van der Waals surface area contributed by atoms with E-state index in [4.69, 9.17) is 8.22 Å². The molecular formula is C42H40N2S4Si2. The number of fused-ring (bicyclic) bond motifs is 4. The first-order valence-corrected chi connectivity index (χ1v) is 28.7. The van der Waals surface area contributed by atoms with Crippen molar-refractivity contribution in [3.8, 4) is 11.1 Å². The average molecular weight is 763 g/mol. The van der Waals surface area contributed by atoms with Crippen LogP contribution in [-0.2, 0) is 0 Å². The number of anilines is 6. The number of hydrogen-bond acceptors (Lipinski definition) is 6. The van der Waals surface area contributed by atoms with Gasteiger partial charge in [-0.2, -0.15) is 0 Å². The molecule has 0 amide bonds. The quantitative estimate of drug-likeness (QED) is 0.165. The molecule has 8 heteroatoms. The van der Waals surface area contributed by atoms with E-state index in [9.17, 15) is 0 Å². The van der Waals surface area contributed by atoms with Crippen LogP contribution in [0.3, 0.4) is 0 Å². The molecule has 0 spiro atoms. The van der Waals surface area contributed by atoms with Crippen molar-refractivity contribution < 1.29 is 8.22 Å². The van der Waals surface area contributed by atoms with Crippen molar-refractivity contribution in [2.24, 2.45) is 0 Å². The molecule has 0 bridgehead atoms. The molecule has 6 aromatic carbocycles. The Morgan fingerprint density at radius 1 is 0.380 bits per heavy atom. The van der Waals surface area contributed by atoms with E-state index in [0.717, 1.165) is 42.3 Å². The molecule has 0 aromatic heterocycles. The summed E-state index contributed by atoms with van der Waals surface area (Å²) in [6.07, 6.45) is -3.82. The molecule has 0 fully saturated rings. The average Bonchev–Trinajstić information content (AvgIpc) is 3.12. The third-order valence-electron chi connectivity index (χ3n) is 8.70. The first-order chi connectivity index (χ1) is 26.5. The molecule has 250 valence electrons. The molecule has 0 radical (unpaired) electrons. The topological polar surface area (TPSA) is 6.48 Å². The fourth-order valence-corrected chi connectivity index (χ4v) is 23.2. The van der Waals surface area contributed by atoms with Crippen LogP contribution in [0.4, 0.5) is 34.1 Å². The minimum absolute atomic E-state index is 0.103. The van der Waals surface area contributed by atoms with Crippen molar-refractivity contribution in [3.63, 3.8) is 0 Å². The Bertz CT molecular complexity index is 2200. The Labute approximate surface area is 323 Å². The molecule has 2 aliphatic heterocycles. The first-order valence-electron chi connectivity index (χ1n) is 19.5. The van der Waals surface area contributed by atoms with Crippen LogP contribution in [0.1, 0.15) is 19.4 Å². The van der Waals surface area contributed by atoms with Gasteiger partial charge in [-0.3, -0.25) is 0 Å². The van der Waals surface area contributed by atoms with Gasteiger partial charge in [0.2, 0.25) is 0 Å². The smallest absolute Gasteiger partial charge is 0.182 e. The Morgan fingerprint density at radius 3 is 0.960 bits per heavy atom. The molecule has 0 atom stereocenters. The highest BCUT2D eigenvalue weighted by molar-refractivity contribution is 8.58. The standard InChI is InChI=1S/C42H40N2S4Si2/c1-29-31(17-15-23-33(29)43-35-19-7-11-25-39(35)45-49(3,4)46-40-26-12-8-20-36(40)43)32-18-16-24-34(30(32)2)44-37-21-9-13-27-41(37)47-50(5,6)48-42-28-14-10-22-38(42)44/h7-28H,1-6H3/i1D3,2D3. The lowest BCUT2D eigenvalue weighted by Gasteiger charge is -2.36. The minimum atomic E-state index is -2.61. The third-order valence-corrected chi connectivity index (χ3v) is 24.5. The molecule has 0 saturated heterocycles. The second-order valence-electron chi connectivity index (χ2n) is 13.1. The van der Waals surface area contributed by atoms with E-state index in [1.165, 1.54) is 0 Å². The third kappa shape index (κ3) is 6.29. The predicted molar refractivity (Wildman–Crippen MR) is 229 cm³/mol. The second-order valence-corrected chi connectivity index (χ2v) is 37.6. The lowest BCUT2D eigenvalue weighted by Crippen LogP contribution is -2.22. The van der Waals surface area contributed by atoms with Crippen molar-refractivity contribution >= 4 is 91.7 Å². The maximum atomic E-state index is 9.16. The van der Waals surface area contributed by atoms with E-state index in [0.29, 0.717) is 22.5 Å². The molecule has 8 rings (SSSR count). The van der Waals surface area contributed by atoms with Gasteiger partial charge >= 0.3 is 0 Å². The van der Waals surface area contributed by atoms with Crippen LogP contribution in [0.5, 0.6) is 0 Å². The zero-order valence-corrected chi connectivity index (χ0v) is 33.5. The van der Waals surface area contributed by atoms with E-state index in [2.05, 4.69) is 84.5 Å². The number of nitrogens with zero attached hydrogens (tertiary/aromatic N) is 2. The summed E-state index contributed by atoms with van der Waals surface area (Å²) < 4.78 is 55.0. The van der Waals surface area contributed by atoms with Gasteiger partial charge in [0, 0.05) is 39.2 Å². The SMILES string of the molecule is [2H]C([2H])([2H])c1c(-c2cccc(N3c4ccccc4S[Si](C)(C)Sc4ccccc43)c2C([2H])([2H])[2H])cccc1N1c2ccccc2S[Si](C)(C)Sc2ccccc21. The molecule has 0 saturated carbocycles. The molecular weight excluding hydrogens is 717 g/mol. The summed E-state index contributed by atoms with van der Waals surface area (Å²) in [5, 5.41) is 0. The number of rotatable bonds is 3. The number of hydrogen-bond donors (Lipinski definition) is 0. The maximum Gasteiger partial charge on any atom is 0.182 e. The summed E-state index contributed by atoms with van der Waals surface area (Å²) >= 11 is 7.51. The Kier molecular flexibility index (Phi) is 7.34. The van der Waals surface area contributed by atoms with E-state index in [1.807, 2.05) is 118 Å². The predicted octanol–water partition coefficient (Wildman–Crippen LogP) is 14.7. The van der Waals surface area contributed by atoms with E-state index >= 15 is 0 Å². The van der Waals surface area contributed by atoms with Crippen molar-refractivity contribution in [1.82, 2.24) is 0 Å². The van der Waals surface area contributed by atoms with Crippen LogP contribution in [0.2, 0.25) is 26.2 Å². The zero-order valence-electron chi connectivity index (χ0n) is 34.2. The molecule has 0 unspecified atom stereocenters. The molecule has 0 N–H and O–H groups in total. The normalized spacial score (nSPS) is 18.4. The van der Waals surface area contributed by atoms with Crippen LogP contribution in [0.15, 0.2) is 153 Å². The van der Waals surface area contributed by atoms with Crippen molar-refractivity contribution in [3.05, 3.63) is 145 Å². The molecule has 6 aromatic rings. The van der Waals surface area contributed by atoms with Gasteiger partial charge in [-0.25, -0.2) is 0 Å². The van der Waals surface area contributed by atoms with E-state index < -0.39 is 26.4 Å². The lowest BCUT2D eigenvalue weighted by atomic mass is 9.93. The van der Waals surface area contributed by atoms with Gasteiger partial charge < -0.3 is 9.80 Å². The van der Waals surface area contributed by atoms with Gasteiger partial charge in [0.1, 0.15) is 0 Å². The summed E-state index contributed by atoms with van der Waals surface area (Å²) in [5.41, 5.74) is 5.52. The highest BCUT2D eigenvalue weighted by atomic mass is 32.6. The first kappa shape index (κ1) is 27.4. The summed E-state index contributed by atoms with van der Waals surface area (Å²) in [6.45, 7) is 4.13. The van der Waals surface area contributed by atoms with Gasteiger partial charge in [0.15, 0.2) is 12.7 Å². The Morgan fingerprint density at radius 2 is 0.660 bits per heavy atom. The molecule has 0 aliphatic carbocycles. The van der Waals surface area contributed by atoms with Gasteiger partial charge in [-0.05, 0) is 96.6 Å². The van der Waals surface area contributed by atoms with Crippen LogP contribution < -0.4 is 9.80 Å². The van der Waals surface area contributed by atoms with Crippen molar-refractivity contribution in [1.29, 1.82) is 0 Å². The largest absolute Gasteiger partial charge is 0.308 e. The highest BCUT2D eigenvalue weighted by Gasteiger charge is 2.34. The van der Waals surface area contributed by atoms with Crippen LogP contribution in [-0.4, -0.2) is 12.7 Å². The van der Waals surface area contributed by atoms with E-state index in [1.54, 1.807) is 12.1 Å². The Balaban J connectivity index is 1.43. The molecule has 2 nitrogen and oxygen atoms in total.